The highest BCUT2D eigenvalue weighted by molar-refractivity contribution is 6.30. The van der Waals surface area contributed by atoms with Gasteiger partial charge in [0.2, 0.25) is 0 Å². The van der Waals surface area contributed by atoms with Crippen LogP contribution >= 0.6 is 11.6 Å². The number of para-hydroxylation sites is 2. The van der Waals surface area contributed by atoms with E-state index in [1.54, 1.807) is 31.3 Å². The molecular weight excluding hydrogens is 310 g/mol. The normalized spacial score (nSPS) is 10.0. The van der Waals surface area contributed by atoms with Crippen LogP contribution in [0.15, 0.2) is 48.5 Å². The third-order valence-electron chi connectivity index (χ3n) is 3.14. The maximum atomic E-state index is 5.83. The van der Waals surface area contributed by atoms with Gasteiger partial charge in [-0.1, -0.05) is 29.7 Å². The largest absolute Gasteiger partial charge is 0.481 e. The minimum absolute atomic E-state index is 0.263. The van der Waals surface area contributed by atoms with Crippen molar-refractivity contribution < 1.29 is 4.74 Å². The molecular formula is C18H14ClN3O. The summed E-state index contributed by atoms with van der Waals surface area (Å²) in [6.45, 7) is 0.263. The van der Waals surface area contributed by atoms with E-state index in [1.165, 1.54) is 0 Å². The minimum Gasteiger partial charge on any atom is -0.481 e. The van der Waals surface area contributed by atoms with Gasteiger partial charge in [-0.05, 0) is 42.3 Å². The number of nitrogens with one attached hydrogen (secondary N) is 1. The molecule has 0 amide bonds. The fraction of sp³-hybridized carbons (Fsp3) is 0.111. The van der Waals surface area contributed by atoms with Crippen molar-refractivity contribution in [1.29, 1.82) is 0 Å². The summed E-state index contributed by atoms with van der Waals surface area (Å²) in [5.41, 5.74) is 2.25. The summed E-state index contributed by atoms with van der Waals surface area (Å²) in [7, 11) is 1.80. The summed E-state index contributed by atoms with van der Waals surface area (Å²) in [5.74, 6) is 7.34. The lowest BCUT2D eigenvalue weighted by atomic mass is 10.3. The molecule has 114 valence electrons. The highest BCUT2D eigenvalue weighted by atomic mass is 35.5. The first-order valence-electron chi connectivity index (χ1n) is 7.08. The Labute approximate surface area is 139 Å². The minimum atomic E-state index is 0.263. The molecule has 2 aromatic carbocycles. The van der Waals surface area contributed by atoms with Crippen LogP contribution in [0.5, 0.6) is 5.75 Å². The van der Waals surface area contributed by atoms with E-state index in [0.29, 0.717) is 16.5 Å². The van der Waals surface area contributed by atoms with Crippen LogP contribution in [0.25, 0.3) is 11.0 Å². The average molecular weight is 324 g/mol. The molecule has 0 saturated heterocycles. The standard InChI is InChI=1S/C18H14ClN3O/c1-20-18-17(21-15-5-2-3-6-16(15)22-18)7-4-12-23-14-10-8-13(19)9-11-14/h2-3,5-6,8-11H,12H2,1H3,(H,20,22). The van der Waals surface area contributed by atoms with Crippen LogP contribution in [0, 0.1) is 11.8 Å². The molecule has 1 heterocycles. The van der Waals surface area contributed by atoms with E-state index in [0.717, 1.165) is 16.8 Å². The lowest BCUT2D eigenvalue weighted by Crippen LogP contribution is -2.00. The van der Waals surface area contributed by atoms with Crippen molar-refractivity contribution >= 4 is 28.5 Å². The Kier molecular flexibility index (Phi) is 4.60. The van der Waals surface area contributed by atoms with E-state index in [1.807, 2.05) is 24.3 Å². The van der Waals surface area contributed by atoms with E-state index in [9.17, 15) is 0 Å². The van der Waals surface area contributed by atoms with Gasteiger partial charge in [-0.15, -0.1) is 0 Å². The quantitative estimate of drug-likeness (QED) is 0.746. The number of fused-ring (bicyclic) bond motifs is 1. The van der Waals surface area contributed by atoms with E-state index in [-0.39, 0.29) is 6.61 Å². The molecule has 0 unspecified atom stereocenters. The lowest BCUT2D eigenvalue weighted by Gasteiger charge is -2.04. The van der Waals surface area contributed by atoms with Gasteiger partial charge in [-0.3, -0.25) is 0 Å². The maximum absolute atomic E-state index is 5.83. The summed E-state index contributed by atoms with van der Waals surface area (Å²) in [6.07, 6.45) is 0. The van der Waals surface area contributed by atoms with Crippen LogP contribution in [0.2, 0.25) is 5.02 Å². The van der Waals surface area contributed by atoms with Gasteiger partial charge in [0, 0.05) is 12.1 Å². The van der Waals surface area contributed by atoms with Crippen LogP contribution in [-0.2, 0) is 0 Å². The fourth-order valence-electron chi connectivity index (χ4n) is 2.03. The van der Waals surface area contributed by atoms with Crippen molar-refractivity contribution in [2.24, 2.45) is 0 Å². The zero-order valence-electron chi connectivity index (χ0n) is 12.5. The molecule has 5 heteroatoms. The van der Waals surface area contributed by atoms with Crippen molar-refractivity contribution in [1.82, 2.24) is 9.97 Å². The molecule has 3 aromatic rings. The third kappa shape index (κ3) is 3.71. The van der Waals surface area contributed by atoms with Gasteiger partial charge in [0.15, 0.2) is 11.5 Å². The highest BCUT2D eigenvalue weighted by Crippen LogP contribution is 2.16. The predicted molar refractivity (Wildman–Crippen MR) is 92.9 cm³/mol. The molecule has 1 N–H and O–H groups in total. The molecule has 23 heavy (non-hydrogen) atoms. The van der Waals surface area contributed by atoms with Crippen LogP contribution in [0.4, 0.5) is 5.82 Å². The SMILES string of the molecule is CNc1nc2ccccc2nc1C#CCOc1ccc(Cl)cc1. The maximum Gasteiger partial charge on any atom is 0.161 e. The number of benzene rings is 2. The molecule has 0 aliphatic carbocycles. The van der Waals surface area contributed by atoms with Gasteiger partial charge < -0.3 is 10.1 Å². The van der Waals surface area contributed by atoms with Crippen LogP contribution in [0.1, 0.15) is 5.69 Å². The van der Waals surface area contributed by atoms with E-state index in [2.05, 4.69) is 27.1 Å². The van der Waals surface area contributed by atoms with Gasteiger partial charge in [0.05, 0.1) is 11.0 Å². The van der Waals surface area contributed by atoms with Crippen LogP contribution < -0.4 is 10.1 Å². The second kappa shape index (κ2) is 6.99. The number of hydrogen-bond donors (Lipinski definition) is 1. The van der Waals surface area contributed by atoms with Gasteiger partial charge in [0.1, 0.15) is 12.4 Å². The molecule has 0 aliphatic rings. The number of aromatic nitrogens is 2. The Morgan fingerprint density at radius 1 is 1.04 bits per heavy atom. The molecule has 4 nitrogen and oxygen atoms in total. The predicted octanol–water partition coefficient (Wildman–Crippen LogP) is 3.76. The Morgan fingerprint density at radius 3 is 2.43 bits per heavy atom. The summed E-state index contributed by atoms with van der Waals surface area (Å²) < 4.78 is 5.54. The molecule has 0 aliphatic heterocycles. The molecule has 3 rings (SSSR count). The van der Waals surface area contributed by atoms with E-state index >= 15 is 0 Å². The van der Waals surface area contributed by atoms with Crippen molar-refractivity contribution in [2.75, 3.05) is 19.0 Å². The van der Waals surface area contributed by atoms with Gasteiger partial charge in [-0.2, -0.15) is 0 Å². The molecule has 0 saturated carbocycles. The average Bonchev–Trinajstić information content (AvgIpc) is 2.59. The van der Waals surface area contributed by atoms with E-state index < -0.39 is 0 Å². The molecule has 1 aromatic heterocycles. The molecule has 0 fully saturated rings. The molecule has 0 atom stereocenters. The first-order valence-corrected chi connectivity index (χ1v) is 7.46. The van der Waals surface area contributed by atoms with Crippen molar-refractivity contribution in [3.63, 3.8) is 0 Å². The van der Waals surface area contributed by atoms with E-state index in [4.69, 9.17) is 16.3 Å². The van der Waals surface area contributed by atoms with Gasteiger partial charge in [-0.25, -0.2) is 9.97 Å². The lowest BCUT2D eigenvalue weighted by molar-refractivity contribution is 0.370. The van der Waals surface area contributed by atoms with Gasteiger partial charge in [0.25, 0.3) is 0 Å². The number of nitrogens with zero attached hydrogens (tertiary/aromatic N) is 2. The fourth-order valence-corrected chi connectivity index (χ4v) is 2.16. The Balaban J connectivity index is 1.77. The van der Waals surface area contributed by atoms with Gasteiger partial charge >= 0.3 is 0 Å². The third-order valence-corrected chi connectivity index (χ3v) is 3.39. The number of halogens is 1. The summed E-state index contributed by atoms with van der Waals surface area (Å²) in [5, 5.41) is 3.70. The topological polar surface area (TPSA) is 47.0 Å². The first kappa shape index (κ1) is 15.1. The molecule has 0 radical (unpaired) electrons. The molecule has 0 bridgehead atoms. The number of rotatable bonds is 3. The zero-order chi connectivity index (χ0) is 16.1. The summed E-state index contributed by atoms with van der Waals surface area (Å²) >= 11 is 5.83. The van der Waals surface area contributed by atoms with Crippen LogP contribution in [0.3, 0.4) is 0 Å². The van der Waals surface area contributed by atoms with Crippen molar-refractivity contribution in [3.05, 3.63) is 59.2 Å². The van der Waals surface area contributed by atoms with Crippen molar-refractivity contribution in [3.8, 4) is 17.6 Å². The number of anilines is 1. The van der Waals surface area contributed by atoms with Crippen molar-refractivity contribution in [2.45, 2.75) is 0 Å². The molecule has 0 spiro atoms. The highest BCUT2D eigenvalue weighted by Gasteiger charge is 2.04. The zero-order valence-corrected chi connectivity index (χ0v) is 13.3. The Hall–Kier alpha value is -2.77. The Morgan fingerprint density at radius 2 is 1.74 bits per heavy atom. The van der Waals surface area contributed by atoms with Crippen LogP contribution in [-0.4, -0.2) is 23.6 Å². The monoisotopic (exact) mass is 323 g/mol. The first-order chi connectivity index (χ1) is 11.3. The number of ether oxygens (including phenoxy) is 1. The second-order valence-corrected chi connectivity index (χ2v) is 5.14. The summed E-state index contributed by atoms with van der Waals surface area (Å²) in [4.78, 5) is 9.04. The smallest absolute Gasteiger partial charge is 0.161 e. The second-order valence-electron chi connectivity index (χ2n) is 4.70. The summed E-state index contributed by atoms with van der Waals surface area (Å²) in [6, 6.07) is 14.9. The Bertz CT molecular complexity index is 882. The number of hydrogen-bond acceptors (Lipinski definition) is 4.